The molecular formula is C11H21N3O. The van der Waals surface area contributed by atoms with Crippen molar-refractivity contribution in [3.63, 3.8) is 0 Å². The predicted octanol–water partition coefficient (Wildman–Crippen LogP) is 1.98. The topological polar surface area (TPSA) is 53.1 Å². The predicted molar refractivity (Wildman–Crippen MR) is 61.7 cm³/mol. The quantitative estimate of drug-likeness (QED) is 0.828. The number of anilines is 1. The van der Waals surface area contributed by atoms with Gasteiger partial charge in [-0.2, -0.15) is 5.10 Å². The zero-order valence-electron chi connectivity index (χ0n) is 10.2. The third-order valence-corrected chi connectivity index (χ3v) is 2.08. The van der Waals surface area contributed by atoms with Gasteiger partial charge in [0.1, 0.15) is 0 Å². The summed E-state index contributed by atoms with van der Waals surface area (Å²) < 4.78 is 7.63. The summed E-state index contributed by atoms with van der Waals surface area (Å²) in [6.45, 7) is 10.8. The lowest BCUT2D eigenvalue weighted by Crippen LogP contribution is -2.33. The summed E-state index contributed by atoms with van der Waals surface area (Å²) >= 11 is 0. The average Bonchev–Trinajstić information content (AvgIpc) is 2.25. The molecular weight excluding hydrogens is 190 g/mol. The first kappa shape index (κ1) is 12.0. The molecule has 4 nitrogen and oxygen atoms in total. The molecule has 86 valence electrons. The van der Waals surface area contributed by atoms with Crippen LogP contribution in [0.15, 0.2) is 6.20 Å². The molecule has 1 aromatic heterocycles. The molecule has 0 bridgehead atoms. The van der Waals surface area contributed by atoms with Crippen LogP contribution in [0.25, 0.3) is 0 Å². The van der Waals surface area contributed by atoms with Gasteiger partial charge in [-0.25, -0.2) is 0 Å². The Morgan fingerprint density at radius 2 is 2.13 bits per heavy atom. The van der Waals surface area contributed by atoms with E-state index >= 15 is 0 Å². The first-order valence-electron chi connectivity index (χ1n) is 5.27. The maximum absolute atomic E-state index is 5.79. The second kappa shape index (κ2) is 4.23. The number of nitrogens with two attached hydrogens (primary N) is 1. The van der Waals surface area contributed by atoms with Crippen molar-refractivity contribution >= 4 is 5.69 Å². The van der Waals surface area contributed by atoms with Crippen molar-refractivity contribution in [3.8, 4) is 0 Å². The Balaban J connectivity index is 2.68. The Morgan fingerprint density at radius 1 is 1.53 bits per heavy atom. The first-order valence-corrected chi connectivity index (χ1v) is 5.27. The second-order valence-electron chi connectivity index (χ2n) is 4.79. The number of aryl methyl sites for hydroxylation is 1. The Kier molecular flexibility index (Phi) is 3.39. The zero-order valence-corrected chi connectivity index (χ0v) is 10.2. The van der Waals surface area contributed by atoms with Gasteiger partial charge in [0.15, 0.2) is 0 Å². The molecule has 0 aliphatic carbocycles. The fourth-order valence-corrected chi connectivity index (χ4v) is 1.68. The van der Waals surface area contributed by atoms with Gasteiger partial charge < -0.3 is 10.5 Å². The van der Waals surface area contributed by atoms with Crippen LogP contribution in [0.1, 0.15) is 33.4 Å². The van der Waals surface area contributed by atoms with E-state index in [0.717, 1.165) is 11.4 Å². The molecule has 0 saturated heterocycles. The molecule has 0 aliphatic rings. The molecule has 0 unspecified atom stereocenters. The van der Waals surface area contributed by atoms with E-state index in [-0.39, 0.29) is 11.7 Å². The number of nitrogens with zero attached hydrogens (tertiary/aromatic N) is 2. The minimum absolute atomic E-state index is 0.217. The van der Waals surface area contributed by atoms with Crippen molar-refractivity contribution in [1.82, 2.24) is 9.78 Å². The van der Waals surface area contributed by atoms with Crippen LogP contribution in [0.3, 0.4) is 0 Å². The van der Waals surface area contributed by atoms with Gasteiger partial charge in [-0.1, -0.05) is 0 Å². The fourth-order valence-electron chi connectivity index (χ4n) is 1.68. The zero-order chi connectivity index (χ0) is 11.6. The van der Waals surface area contributed by atoms with Crippen LogP contribution in [-0.4, -0.2) is 21.5 Å². The highest BCUT2D eigenvalue weighted by molar-refractivity contribution is 5.39. The molecule has 15 heavy (non-hydrogen) atoms. The molecule has 0 saturated carbocycles. The molecule has 0 aromatic carbocycles. The summed E-state index contributed by atoms with van der Waals surface area (Å²) in [4.78, 5) is 0. The average molecular weight is 211 g/mol. The van der Waals surface area contributed by atoms with Gasteiger partial charge in [-0.15, -0.1) is 0 Å². The van der Waals surface area contributed by atoms with E-state index in [2.05, 4.69) is 18.9 Å². The van der Waals surface area contributed by atoms with Gasteiger partial charge in [0.05, 0.1) is 29.6 Å². The van der Waals surface area contributed by atoms with E-state index in [1.165, 1.54) is 0 Å². The van der Waals surface area contributed by atoms with Crippen molar-refractivity contribution in [3.05, 3.63) is 11.9 Å². The van der Waals surface area contributed by atoms with E-state index in [4.69, 9.17) is 10.5 Å². The van der Waals surface area contributed by atoms with Gasteiger partial charge in [-0.05, 0) is 34.6 Å². The minimum Gasteiger partial charge on any atom is -0.396 e. The van der Waals surface area contributed by atoms with Gasteiger partial charge >= 0.3 is 0 Å². The van der Waals surface area contributed by atoms with E-state index in [9.17, 15) is 0 Å². The van der Waals surface area contributed by atoms with Gasteiger partial charge in [0.2, 0.25) is 0 Å². The maximum atomic E-state index is 5.79. The van der Waals surface area contributed by atoms with Crippen LogP contribution in [0.5, 0.6) is 0 Å². The van der Waals surface area contributed by atoms with Crippen LogP contribution >= 0.6 is 0 Å². The minimum atomic E-state index is -0.223. The number of hydrogen-bond acceptors (Lipinski definition) is 3. The van der Waals surface area contributed by atoms with E-state index in [1.54, 1.807) is 0 Å². The Morgan fingerprint density at radius 3 is 2.53 bits per heavy atom. The fraction of sp³-hybridized carbons (Fsp3) is 0.727. The van der Waals surface area contributed by atoms with Crippen molar-refractivity contribution < 1.29 is 4.74 Å². The summed E-state index contributed by atoms with van der Waals surface area (Å²) in [5.74, 6) is 0. The molecule has 0 radical (unpaired) electrons. The highest BCUT2D eigenvalue weighted by Gasteiger charge is 2.21. The second-order valence-corrected chi connectivity index (χ2v) is 4.79. The molecule has 0 aliphatic heterocycles. The Labute approximate surface area is 91.4 Å². The van der Waals surface area contributed by atoms with E-state index in [0.29, 0.717) is 6.54 Å². The molecule has 0 atom stereocenters. The van der Waals surface area contributed by atoms with Gasteiger partial charge in [-0.3, -0.25) is 4.68 Å². The van der Waals surface area contributed by atoms with E-state index < -0.39 is 0 Å². The molecule has 0 fully saturated rings. The number of aromatic nitrogens is 2. The summed E-state index contributed by atoms with van der Waals surface area (Å²) in [5.41, 5.74) is 7.12. The van der Waals surface area contributed by atoms with Crippen LogP contribution in [0, 0.1) is 6.92 Å². The lowest BCUT2D eigenvalue weighted by atomic mass is 10.1. The Hall–Kier alpha value is -1.03. The van der Waals surface area contributed by atoms with Crippen molar-refractivity contribution in [2.24, 2.45) is 0 Å². The van der Waals surface area contributed by atoms with Gasteiger partial charge in [0.25, 0.3) is 0 Å². The largest absolute Gasteiger partial charge is 0.396 e. The van der Waals surface area contributed by atoms with Crippen molar-refractivity contribution in [2.75, 3.05) is 5.73 Å². The molecule has 0 spiro atoms. The Bertz CT molecular complexity index is 309. The summed E-state index contributed by atoms with van der Waals surface area (Å²) in [6.07, 6.45) is 2.06. The molecule has 1 rings (SSSR count). The van der Waals surface area contributed by atoms with E-state index in [1.807, 2.05) is 31.6 Å². The van der Waals surface area contributed by atoms with Crippen LogP contribution in [0.2, 0.25) is 0 Å². The number of ether oxygens (including phenoxy) is 1. The number of hydrogen-bond donors (Lipinski definition) is 1. The molecule has 1 heterocycles. The standard InChI is InChI=1S/C11H21N3O/c1-8(2)15-11(4,5)7-14-6-10(12)9(3)13-14/h6,8H,7,12H2,1-5H3. The van der Waals surface area contributed by atoms with Crippen molar-refractivity contribution in [1.29, 1.82) is 0 Å². The third-order valence-electron chi connectivity index (χ3n) is 2.08. The summed E-state index contributed by atoms with van der Waals surface area (Å²) in [5, 5.41) is 4.31. The number of nitrogen functional groups attached to an aromatic ring is 1. The molecule has 2 N–H and O–H groups in total. The van der Waals surface area contributed by atoms with Crippen molar-refractivity contribution in [2.45, 2.75) is 52.9 Å². The molecule has 1 aromatic rings. The third kappa shape index (κ3) is 3.55. The van der Waals surface area contributed by atoms with Crippen LogP contribution in [-0.2, 0) is 11.3 Å². The molecule has 0 amide bonds. The normalized spacial score (nSPS) is 12.4. The SMILES string of the molecule is Cc1nn(CC(C)(C)OC(C)C)cc1N. The first-order chi connectivity index (χ1) is 6.80. The monoisotopic (exact) mass is 211 g/mol. The maximum Gasteiger partial charge on any atom is 0.0825 e. The smallest absolute Gasteiger partial charge is 0.0825 e. The highest BCUT2D eigenvalue weighted by Crippen LogP contribution is 2.16. The van der Waals surface area contributed by atoms with Gasteiger partial charge in [0, 0.05) is 6.20 Å². The van der Waals surface area contributed by atoms with Crippen LogP contribution in [0.4, 0.5) is 5.69 Å². The molecule has 4 heteroatoms. The lowest BCUT2D eigenvalue weighted by Gasteiger charge is -2.27. The number of rotatable bonds is 4. The summed E-state index contributed by atoms with van der Waals surface area (Å²) in [7, 11) is 0. The van der Waals surface area contributed by atoms with Crippen LogP contribution < -0.4 is 5.73 Å². The highest BCUT2D eigenvalue weighted by atomic mass is 16.5. The summed E-state index contributed by atoms with van der Waals surface area (Å²) in [6, 6.07) is 0. The lowest BCUT2D eigenvalue weighted by molar-refractivity contribution is -0.0670.